The van der Waals surface area contributed by atoms with Crippen LogP contribution in [0.4, 0.5) is 10.5 Å². The number of hydrogen-bond acceptors (Lipinski definition) is 14. The molecule has 4 bridgehead atoms. The molecule has 4 unspecified atom stereocenters. The molecule has 0 radical (unpaired) electrons. The second kappa shape index (κ2) is 23.8. The SMILES string of the molecule is COc1cc2cc(c1Cl)N(C)C(=O)C[C@H](OC(=O)C(C)N(C)C(=O)CCC(C)(C)SCC(=O)N(C)CCC(C)(C)OCC(C)(C)C(C)=O)C1(C)OC1[C@H](C)C1C[C@@](O)(NC(=O)O1)[C@H](OC)/C=C/C=C(\C)C2. The number of thioether (sulfide) groups is 1. The van der Waals surface area contributed by atoms with Crippen molar-refractivity contribution < 1.29 is 62.3 Å². The number of esters is 1. The number of likely N-dealkylation sites (N-methyl/N-ethyl adjacent to an activating group) is 1. The number of rotatable bonds is 18. The van der Waals surface area contributed by atoms with Gasteiger partial charge in [0.2, 0.25) is 17.7 Å². The number of nitrogens with zero attached hydrogens (tertiary/aromatic N) is 3. The van der Waals surface area contributed by atoms with Gasteiger partial charge in [-0.15, -0.1) is 11.8 Å². The first kappa shape index (κ1) is 59.4. The normalized spacial score (nSPS) is 26.9. The number of allylic oxidation sites excluding steroid dienone is 3. The fourth-order valence-corrected chi connectivity index (χ4v) is 9.65. The summed E-state index contributed by atoms with van der Waals surface area (Å²) in [6, 6.07) is 2.49. The third-order valence-electron chi connectivity index (χ3n) is 14.3. The fourth-order valence-electron chi connectivity index (χ4n) is 8.35. The highest BCUT2D eigenvalue weighted by Crippen LogP contribution is 2.49. The third-order valence-corrected chi connectivity index (χ3v) is 16.1. The van der Waals surface area contributed by atoms with Gasteiger partial charge >= 0.3 is 12.1 Å². The summed E-state index contributed by atoms with van der Waals surface area (Å²) >= 11 is 8.27. The molecule has 0 spiro atoms. The number of carbonyl (C=O) groups is 6. The molecule has 3 aliphatic rings. The molecule has 1 aromatic rings. The van der Waals surface area contributed by atoms with Gasteiger partial charge in [0.25, 0.3) is 0 Å². The average molecular weight is 1040 g/mol. The van der Waals surface area contributed by atoms with Gasteiger partial charge in [-0.05, 0) is 78.5 Å². The number of Topliss-reactive ketones (excluding diaryl/α,β-unsaturated/α-hetero) is 1. The smallest absolute Gasteiger partial charge is 0.409 e. The molecule has 0 aromatic heterocycles. The Morgan fingerprint density at radius 3 is 2.35 bits per heavy atom. The number of anilines is 1. The molecule has 2 N–H and O–H groups in total. The average Bonchev–Trinajstić information content (AvgIpc) is 4.00. The molecule has 17 nitrogen and oxygen atoms in total. The number of fused-ring (bicyclic) bond motifs is 5. The molecule has 1 aromatic carbocycles. The molecule has 8 atom stereocenters. The number of ether oxygens (including phenoxy) is 6. The van der Waals surface area contributed by atoms with Crippen LogP contribution >= 0.6 is 23.4 Å². The number of methoxy groups -OCH3 is 2. The third kappa shape index (κ3) is 15.4. The summed E-state index contributed by atoms with van der Waals surface area (Å²) in [5.41, 5.74) is -2.23. The van der Waals surface area contributed by atoms with Crippen molar-refractivity contribution in [1.82, 2.24) is 15.1 Å². The van der Waals surface area contributed by atoms with Crippen LogP contribution in [0.3, 0.4) is 0 Å². The number of epoxide rings is 1. The van der Waals surface area contributed by atoms with Crippen molar-refractivity contribution in [3.8, 4) is 5.75 Å². The largest absolute Gasteiger partial charge is 0.495 e. The molecule has 71 heavy (non-hydrogen) atoms. The van der Waals surface area contributed by atoms with Crippen LogP contribution in [0.25, 0.3) is 0 Å². The Morgan fingerprint density at radius 2 is 1.73 bits per heavy atom. The van der Waals surface area contributed by atoms with Crippen molar-refractivity contribution in [3.63, 3.8) is 0 Å². The van der Waals surface area contributed by atoms with E-state index in [1.165, 1.54) is 42.8 Å². The van der Waals surface area contributed by atoms with Gasteiger partial charge in [-0.1, -0.05) is 70.0 Å². The Kier molecular flexibility index (Phi) is 19.9. The van der Waals surface area contributed by atoms with E-state index in [0.717, 1.165) is 11.1 Å². The molecule has 19 heteroatoms. The lowest BCUT2D eigenvalue weighted by atomic mass is 9.83. The number of alkyl carbamates (subject to hydrolysis) is 1. The van der Waals surface area contributed by atoms with Crippen LogP contribution in [0.2, 0.25) is 5.02 Å². The lowest BCUT2D eigenvalue weighted by Gasteiger charge is -2.42. The van der Waals surface area contributed by atoms with E-state index in [1.54, 1.807) is 71.0 Å². The molecular weight excluding hydrogens is 956 g/mol. The zero-order chi connectivity index (χ0) is 53.6. The van der Waals surface area contributed by atoms with Gasteiger partial charge in [0.15, 0.2) is 5.72 Å². The number of aliphatic hydroxyl groups is 1. The summed E-state index contributed by atoms with van der Waals surface area (Å²) in [6.07, 6.45) is 1.66. The maximum Gasteiger partial charge on any atom is 0.409 e. The van der Waals surface area contributed by atoms with Crippen LogP contribution in [0, 0.1) is 11.3 Å². The van der Waals surface area contributed by atoms with Crippen molar-refractivity contribution in [2.45, 2.75) is 167 Å². The van der Waals surface area contributed by atoms with Gasteiger partial charge in [-0.3, -0.25) is 24.5 Å². The Balaban J connectivity index is 1.49. The summed E-state index contributed by atoms with van der Waals surface area (Å²) < 4.78 is 35.1. The van der Waals surface area contributed by atoms with Crippen LogP contribution in [-0.4, -0.2) is 157 Å². The minimum atomic E-state index is -1.86. The van der Waals surface area contributed by atoms with E-state index in [0.29, 0.717) is 37.2 Å². The first-order valence-electron chi connectivity index (χ1n) is 24.2. The van der Waals surface area contributed by atoms with Crippen molar-refractivity contribution in [2.75, 3.05) is 59.2 Å². The first-order valence-corrected chi connectivity index (χ1v) is 25.5. The summed E-state index contributed by atoms with van der Waals surface area (Å²) in [7, 11) is 7.73. The summed E-state index contributed by atoms with van der Waals surface area (Å²) in [5.74, 6) is -1.61. The number of hydrogen-bond donors (Lipinski definition) is 2. The lowest BCUT2D eigenvalue weighted by Crippen LogP contribution is -2.63. The van der Waals surface area contributed by atoms with E-state index in [-0.39, 0.29) is 54.2 Å². The van der Waals surface area contributed by atoms with E-state index >= 15 is 0 Å². The second-order valence-corrected chi connectivity index (χ2v) is 23.6. The van der Waals surface area contributed by atoms with E-state index in [2.05, 4.69) is 5.32 Å². The number of amides is 4. The van der Waals surface area contributed by atoms with Gasteiger partial charge in [0, 0.05) is 63.7 Å². The molecule has 3 heterocycles. The van der Waals surface area contributed by atoms with Crippen LogP contribution in [0.5, 0.6) is 5.75 Å². The number of nitrogens with one attached hydrogen (secondary N) is 1. The first-order chi connectivity index (χ1) is 32.8. The fraction of sp³-hybridized carbons (Fsp3) is 0.692. The number of halogens is 1. The van der Waals surface area contributed by atoms with E-state index < -0.39 is 81.4 Å². The minimum absolute atomic E-state index is 0.0457. The Hall–Kier alpha value is -4.20. The molecule has 3 aliphatic heterocycles. The second-order valence-electron chi connectivity index (χ2n) is 21.5. The maximum absolute atomic E-state index is 14.4. The van der Waals surface area contributed by atoms with Gasteiger partial charge in [0.1, 0.15) is 46.5 Å². The van der Waals surface area contributed by atoms with Crippen molar-refractivity contribution in [2.24, 2.45) is 11.3 Å². The highest BCUT2D eigenvalue weighted by molar-refractivity contribution is 8.01. The zero-order valence-electron chi connectivity index (χ0n) is 44.7. The van der Waals surface area contributed by atoms with Crippen LogP contribution < -0.4 is 15.0 Å². The molecule has 0 saturated carbocycles. The van der Waals surface area contributed by atoms with Crippen molar-refractivity contribution >= 4 is 64.6 Å². The molecule has 2 saturated heterocycles. The predicted molar refractivity (Wildman–Crippen MR) is 273 cm³/mol. The van der Waals surface area contributed by atoms with Gasteiger partial charge in [-0.25, -0.2) is 9.59 Å². The van der Waals surface area contributed by atoms with E-state index in [4.69, 9.17) is 40.0 Å². The van der Waals surface area contributed by atoms with Crippen molar-refractivity contribution in [1.29, 1.82) is 0 Å². The highest BCUT2D eigenvalue weighted by atomic mass is 35.5. The zero-order valence-corrected chi connectivity index (χ0v) is 46.3. The lowest BCUT2D eigenvalue weighted by molar-refractivity contribution is -0.162. The predicted octanol–water partition coefficient (Wildman–Crippen LogP) is 7.07. The van der Waals surface area contributed by atoms with Crippen molar-refractivity contribution in [3.05, 3.63) is 46.5 Å². The topological polar surface area (TPSA) is 203 Å². The number of benzene rings is 1. The number of ketones is 1. The molecule has 398 valence electrons. The molecule has 0 aliphatic carbocycles. The number of carbonyl (C=O) groups excluding carboxylic acids is 6. The Morgan fingerprint density at radius 1 is 1.07 bits per heavy atom. The summed E-state index contributed by atoms with van der Waals surface area (Å²) in [6.45, 7) is 20.7. The summed E-state index contributed by atoms with van der Waals surface area (Å²) in [4.78, 5) is 84.8. The van der Waals surface area contributed by atoms with Crippen LogP contribution in [-0.2, 0) is 54.1 Å². The summed E-state index contributed by atoms with van der Waals surface area (Å²) in [5, 5.41) is 14.6. The molecular formula is C52H79ClN4O13S. The monoisotopic (exact) mass is 1030 g/mol. The Bertz CT molecular complexity index is 2200. The molecule has 2 fully saturated rings. The minimum Gasteiger partial charge on any atom is -0.495 e. The standard InChI is InChI=1S/C52H79ClN4O13S/c1-31-18-17-19-39(66-16)52(64)28-38(68-47(63)54-52)32(2)45-51(11,70-45)40(27-42(60)57(14)36-25-35(24-31)26-37(65-15)44(36)53)69-46(62)33(3)56(13)41(59)20-21-50(9,10)71-29-43(61)55(12)23-22-49(7,8)67-30-48(5,6)34(4)58/h17-19,25-26,32-33,38-40,45,64H,20-24,27-30H2,1-16H3,(H,54,63)/b19-17+,31-18+/t32-,33?,38?,39-,40+,45?,51?,52+/m1/s1. The molecule has 4 rings (SSSR count). The van der Waals surface area contributed by atoms with Gasteiger partial charge in [-0.2, -0.15) is 0 Å². The maximum atomic E-state index is 14.4. The van der Waals surface area contributed by atoms with Crippen LogP contribution in [0.15, 0.2) is 35.9 Å². The highest BCUT2D eigenvalue weighted by Gasteiger charge is 2.64. The quantitative estimate of drug-likeness (QED) is 0.112. The van der Waals surface area contributed by atoms with E-state index in [1.807, 2.05) is 54.5 Å². The molecule has 4 amide bonds. The van der Waals surface area contributed by atoms with E-state index in [9.17, 15) is 33.9 Å². The van der Waals surface area contributed by atoms with Gasteiger partial charge in [0.05, 0.1) is 43.3 Å². The van der Waals surface area contributed by atoms with Crippen LogP contribution in [0.1, 0.15) is 114 Å². The Labute approximate surface area is 430 Å². The van der Waals surface area contributed by atoms with Gasteiger partial charge < -0.3 is 48.2 Å².